The van der Waals surface area contributed by atoms with Gasteiger partial charge in [-0.3, -0.25) is 28.8 Å². The van der Waals surface area contributed by atoms with Crippen molar-refractivity contribution in [2.24, 2.45) is 0 Å². The third-order valence-corrected chi connectivity index (χ3v) is 22.8. The van der Waals surface area contributed by atoms with Gasteiger partial charge in [-0.15, -0.1) is 78.9 Å². The third kappa shape index (κ3) is 27.2. The molecule has 3 rings (SSSR count). The fraction of sp³-hybridized carbons (Fsp3) is 0.282. The van der Waals surface area contributed by atoms with Gasteiger partial charge in [0.1, 0.15) is 0 Å². The van der Waals surface area contributed by atoms with E-state index in [-0.39, 0.29) is 53.5 Å². The Labute approximate surface area is 719 Å². The van der Waals surface area contributed by atoms with E-state index in [2.05, 4.69) is 94.9 Å². The van der Waals surface area contributed by atoms with Crippen LogP contribution >= 0.6 is 203 Å². The Balaban J connectivity index is 0.00000147. The molecule has 0 saturated carbocycles. The van der Waals surface area contributed by atoms with E-state index < -0.39 is 0 Å². The zero-order chi connectivity index (χ0) is 77.9. The van der Waals surface area contributed by atoms with Gasteiger partial charge in [0.25, 0.3) is 35.4 Å². The van der Waals surface area contributed by atoms with Gasteiger partial charge in [0.05, 0.1) is 71.9 Å². The first kappa shape index (κ1) is 96.7. The first-order chi connectivity index (χ1) is 47.7. The molecule has 0 aliphatic heterocycles. The summed E-state index contributed by atoms with van der Waals surface area (Å²) in [6.07, 6.45) is 19.6. The van der Waals surface area contributed by atoms with Gasteiger partial charge in [0.2, 0.25) is 0 Å². The second kappa shape index (κ2) is 50.3. The van der Waals surface area contributed by atoms with Gasteiger partial charge in [-0.05, 0) is 203 Å². The van der Waals surface area contributed by atoms with Crippen molar-refractivity contribution in [2.75, 3.05) is 137 Å². The average Bonchev–Trinajstić information content (AvgIpc) is 0.775. The summed E-state index contributed by atoms with van der Waals surface area (Å²) >= 11 is 18.4. The monoisotopic (exact) mass is 2390 g/mol. The summed E-state index contributed by atoms with van der Waals surface area (Å²) in [6, 6.07) is -1.11. The van der Waals surface area contributed by atoms with E-state index in [1.165, 1.54) is 14.7 Å². The van der Waals surface area contributed by atoms with Crippen molar-refractivity contribution in [1.82, 2.24) is 44.1 Å². The SMILES string of the molecule is C=CCN(CC=C)C(=O)c1c(I)c(NC(=O)N(C)C)c(I)c(C(=O)N(CC=C)CC=C)c1I.C=CCN(CC=C)C(=O)c1c(I)c(NC(=O)N(C)C)c(I)c(C(=O)N(CC=C)CC=C)c1I.C=CCN(CC=C)C(=O)c1c(I)c(NC(=O)N(C)C)c(I)c(C(=O)N(CC=C)CC=C)c1I.CC. The predicted molar refractivity (Wildman–Crippen MR) is 491 cm³/mol. The quantitative estimate of drug-likeness (QED) is 0.0389. The number of amides is 12. The molecule has 0 spiro atoms. The van der Waals surface area contributed by atoms with Crippen molar-refractivity contribution in [3.05, 3.63) is 217 Å². The minimum atomic E-state index is -0.369. The van der Waals surface area contributed by atoms with Gasteiger partial charge in [0.15, 0.2) is 0 Å². The molecule has 548 valence electrons. The van der Waals surface area contributed by atoms with E-state index in [0.717, 1.165) is 0 Å². The molecule has 0 aliphatic rings. The van der Waals surface area contributed by atoms with Crippen LogP contribution in [0.1, 0.15) is 76.0 Å². The van der Waals surface area contributed by atoms with Crippen molar-refractivity contribution in [2.45, 2.75) is 13.8 Å². The van der Waals surface area contributed by atoms with Gasteiger partial charge in [-0.1, -0.05) is 86.8 Å². The molecule has 0 saturated heterocycles. The molecule has 0 fully saturated rings. The summed E-state index contributed by atoms with van der Waals surface area (Å²) in [5, 5.41) is 8.54. The Morgan fingerprint density at radius 2 is 0.356 bits per heavy atom. The van der Waals surface area contributed by atoms with Crippen LogP contribution in [0.3, 0.4) is 0 Å². The number of hydrogen-bond donors (Lipinski definition) is 3. The smallest absolute Gasteiger partial charge is 0.321 e. The van der Waals surface area contributed by atoms with Crippen LogP contribution in [0.25, 0.3) is 0 Å². The van der Waals surface area contributed by atoms with Gasteiger partial charge in [-0.2, -0.15) is 0 Å². The number of hydrogen-bond acceptors (Lipinski definition) is 9. The Morgan fingerprint density at radius 3 is 0.446 bits per heavy atom. The van der Waals surface area contributed by atoms with Crippen molar-refractivity contribution >= 4 is 274 Å². The maximum atomic E-state index is 13.6. The van der Waals surface area contributed by atoms with Crippen LogP contribution in [0.2, 0.25) is 0 Å². The zero-order valence-corrected chi connectivity index (χ0v) is 77.4. The van der Waals surface area contributed by atoms with Crippen LogP contribution in [0.5, 0.6) is 0 Å². The summed E-state index contributed by atoms with van der Waals surface area (Å²) in [5.74, 6) is -1.70. The molecule has 0 heterocycles. The van der Waals surface area contributed by atoms with Crippen molar-refractivity contribution in [1.29, 1.82) is 0 Å². The number of halogens is 9. The van der Waals surface area contributed by atoms with Gasteiger partial charge in [0, 0.05) is 132 Å². The summed E-state index contributed by atoms with van der Waals surface area (Å²) in [5.41, 5.74) is 3.29. The minimum Gasteiger partial charge on any atom is -0.331 e. The normalized spacial score (nSPS) is 9.95. The van der Waals surface area contributed by atoms with Crippen molar-refractivity contribution in [3.63, 3.8) is 0 Å². The number of benzene rings is 3. The van der Waals surface area contributed by atoms with E-state index >= 15 is 0 Å². The highest BCUT2D eigenvalue weighted by Crippen LogP contribution is 2.41. The highest BCUT2D eigenvalue weighted by molar-refractivity contribution is 14.1. The van der Waals surface area contributed by atoms with Crippen LogP contribution in [0, 0.1) is 32.1 Å². The number of rotatable bonds is 33. The van der Waals surface area contributed by atoms with Gasteiger partial charge in [-0.25, -0.2) is 14.4 Å². The number of carbonyl (C=O) groups excluding carboxylic acids is 9. The lowest BCUT2D eigenvalue weighted by atomic mass is 10.1. The molecule has 3 N–H and O–H groups in total. The molecule has 0 bridgehead atoms. The summed E-state index contributed by atoms with van der Waals surface area (Å²) < 4.78 is 4.84. The molecule has 21 nitrogen and oxygen atoms in total. The second-order valence-electron chi connectivity index (χ2n) is 20.9. The van der Waals surface area contributed by atoms with Crippen molar-refractivity contribution < 1.29 is 43.2 Å². The highest BCUT2D eigenvalue weighted by atomic mass is 127. The summed E-state index contributed by atoms with van der Waals surface area (Å²) in [6.45, 7) is 52.5. The summed E-state index contributed by atoms with van der Waals surface area (Å²) in [4.78, 5) is 133. The molecule has 0 atom stereocenters. The Kier molecular flexibility index (Phi) is 48.2. The molecule has 3 aromatic carbocycles. The molecule has 12 amide bonds. The molecule has 0 aliphatic carbocycles. The maximum absolute atomic E-state index is 13.6. The lowest BCUT2D eigenvalue weighted by Gasteiger charge is -2.26. The van der Waals surface area contributed by atoms with Crippen molar-refractivity contribution in [3.8, 4) is 0 Å². The molecular weight excluding hydrogens is 2310 g/mol. The first-order valence-corrected chi connectivity index (χ1v) is 40.0. The lowest BCUT2D eigenvalue weighted by molar-refractivity contribution is 0.0771. The largest absolute Gasteiger partial charge is 0.331 e. The molecule has 30 heteroatoms. The zero-order valence-electron chi connectivity index (χ0n) is 58.0. The highest BCUT2D eigenvalue weighted by Gasteiger charge is 2.36. The Bertz CT molecular complexity index is 3050. The summed E-state index contributed by atoms with van der Waals surface area (Å²) in [7, 11) is 9.70. The molecule has 3 aromatic rings. The van der Waals surface area contributed by atoms with Gasteiger partial charge < -0.3 is 60.0 Å². The molecule has 0 radical (unpaired) electrons. The fourth-order valence-corrected chi connectivity index (χ4v) is 21.4. The number of urea groups is 3. The molecule has 101 heavy (non-hydrogen) atoms. The molecular formula is C71H87I9N12O9. The topological polar surface area (TPSA) is 219 Å². The van der Waals surface area contributed by atoms with Crippen LogP contribution in [-0.4, -0.2) is 218 Å². The van der Waals surface area contributed by atoms with Crippen LogP contribution in [-0.2, 0) is 0 Å². The first-order valence-electron chi connectivity index (χ1n) is 30.3. The van der Waals surface area contributed by atoms with E-state index in [1.807, 2.05) is 217 Å². The van der Waals surface area contributed by atoms with Crippen LogP contribution in [0.4, 0.5) is 31.4 Å². The third-order valence-electron chi connectivity index (χ3n) is 13.1. The number of carbonyl (C=O) groups is 9. The van der Waals surface area contributed by atoms with E-state index in [4.69, 9.17) is 0 Å². The minimum absolute atomic E-state index is 0.284. The molecule has 0 aromatic heterocycles. The van der Waals surface area contributed by atoms with E-state index in [9.17, 15) is 43.2 Å². The van der Waals surface area contributed by atoms with E-state index in [1.54, 1.807) is 145 Å². The van der Waals surface area contributed by atoms with Crippen LogP contribution in [0.15, 0.2) is 152 Å². The predicted octanol–water partition coefficient (Wildman–Crippen LogP) is 16.7. The molecule has 0 unspecified atom stereocenters. The maximum Gasteiger partial charge on any atom is 0.321 e. The van der Waals surface area contributed by atoms with Crippen LogP contribution < -0.4 is 16.0 Å². The Hall–Kier alpha value is -4.26. The number of anilines is 3. The Morgan fingerprint density at radius 1 is 0.248 bits per heavy atom. The lowest BCUT2D eigenvalue weighted by Crippen LogP contribution is -2.36. The fourth-order valence-electron chi connectivity index (χ4n) is 8.37. The number of nitrogens with zero attached hydrogens (tertiary/aromatic N) is 9. The second-order valence-corrected chi connectivity index (χ2v) is 30.6. The van der Waals surface area contributed by atoms with Gasteiger partial charge >= 0.3 is 18.1 Å². The number of nitrogens with one attached hydrogen (secondary N) is 3. The average molecular weight is 2390 g/mol. The standard InChI is InChI=1S/3C23H27I3N4O3.C2H6/c3*1-7-11-29(12-8-2)21(31)15-17(24)16(22(32)30(13-9-3)14-10-4)19(26)20(18(15)25)27-23(33)28(5)6;1-2/h3*7-10H,1-4,11-14H2,5-6H3,(H,27,33);1-2H3. The van der Waals surface area contributed by atoms with E-state index in [0.29, 0.717) is 161 Å².